The van der Waals surface area contributed by atoms with Crippen LogP contribution in [0.2, 0.25) is 0 Å². The molecule has 5 N–H and O–H groups in total. The van der Waals surface area contributed by atoms with Crippen molar-refractivity contribution >= 4 is 28.4 Å². The van der Waals surface area contributed by atoms with Gasteiger partial charge in [-0.3, -0.25) is 14.7 Å². The highest BCUT2D eigenvalue weighted by molar-refractivity contribution is 6.05. The highest BCUT2D eigenvalue weighted by Gasteiger charge is 2.24. The normalized spacial score (nSPS) is 18.5. The zero-order valence-electron chi connectivity index (χ0n) is 10.1. The van der Waals surface area contributed by atoms with Crippen molar-refractivity contribution in [2.45, 2.75) is 12.5 Å². The molecule has 1 aromatic heterocycles. The van der Waals surface area contributed by atoms with E-state index in [-0.39, 0.29) is 17.9 Å². The zero-order chi connectivity index (χ0) is 13.4. The van der Waals surface area contributed by atoms with Crippen molar-refractivity contribution in [1.82, 2.24) is 20.8 Å². The maximum absolute atomic E-state index is 12.1. The van der Waals surface area contributed by atoms with Crippen LogP contribution in [-0.4, -0.2) is 34.6 Å². The predicted molar refractivity (Wildman–Crippen MR) is 69.4 cm³/mol. The number of hydrogen-bond acceptors (Lipinski definition) is 4. The number of benzene rings is 1. The van der Waals surface area contributed by atoms with Crippen LogP contribution in [0.4, 0.5) is 5.69 Å². The Bertz CT molecular complexity index is 663. The van der Waals surface area contributed by atoms with Crippen LogP contribution < -0.4 is 16.4 Å². The number of fused-ring (bicyclic) bond motifs is 1. The van der Waals surface area contributed by atoms with Gasteiger partial charge < -0.3 is 16.4 Å². The molecule has 1 unspecified atom stereocenters. The Hall–Kier alpha value is -2.57. The molecule has 1 atom stereocenters. The molecule has 3 rings (SSSR count). The van der Waals surface area contributed by atoms with Crippen molar-refractivity contribution < 1.29 is 9.59 Å². The highest BCUT2D eigenvalue weighted by Crippen LogP contribution is 2.19. The molecule has 1 aliphatic heterocycles. The molecule has 98 valence electrons. The van der Waals surface area contributed by atoms with E-state index in [1.165, 1.54) is 0 Å². The molecule has 2 heterocycles. The van der Waals surface area contributed by atoms with Crippen LogP contribution in [0.15, 0.2) is 18.2 Å². The summed E-state index contributed by atoms with van der Waals surface area (Å²) in [4.78, 5) is 23.2. The zero-order valence-corrected chi connectivity index (χ0v) is 10.1. The Labute approximate surface area is 108 Å². The third kappa shape index (κ3) is 2.10. The van der Waals surface area contributed by atoms with Crippen molar-refractivity contribution in [3.63, 3.8) is 0 Å². The van der Waals surface area contributed by atoms with Gasteiger partial charge in [0.05, 0.1) is 11.6 Å². The highest BCUT2D eigenvalue weighted by atomic mass is 16.2. The summed E-state index contributed by atoms with van der Waals surface area (Å²) in [5.74, 6) is -0.361. The minimum Gasteiger partial charge on any atom is -0.399 e. The molecule has 7 nitrogen and oxygen atoms in total. The van der Waals surface area contributed by atoms with E-state index >= 15 is 0 Å². The van der Waals surface area contributed by atoms with Crippen LogP contribution in [0.1, 0.15) is 16.9 Å². The Morgan fingerprint density at radius 1 is 1.47 bits per heavy atom. The van der Waals surface area contributed by atoms with Crippen molar-refractivity contribution in [2.24, 2.45) is 0 Å². The summed E-state index contributed by atoms with van der Waals surface area (Å²) in [6, 6.07) is 5.02. The van der Waals surface area contributed by atoms with Gasteiger partial charge in [-0.05, 0) is 18.2 Å². The summed E-state index contributed by atoms with van der Waals surface area (Å²) in [5, 5.41) is 12.9. The van der Waals surface area contributed by atoms with E-state index in [1.807, 2.05) is 0 Å². The number of nitrogens with one attached hydrogen (secondary N) is 3. The SMILES string of the molecule is Nc1ccc2[nH]nc(C(=O)NC3CNC(=O)C3)c2c1. The Morgan fingerprint density at radius 2 is 2.32 bits per heavy atom. The lowest BCUT2D eigenvalue weighted by molar-refractivity contribution is -0.119. The fourth-order valence-corrected chi connectivity index (χ4v) is 2.17. The molecule has 0 bridgehead atoms. The third-order valence-corrected chi connectivity index (χ3v) is 3.11. The minimum atomic E-state index is -0.307. The van der Waals surface area contributed by atoms with Gasteiger partial charge in [-0.2, -0.15) is 5.10 Å². The number of carbonyl (C=O) groups excluding carboxylic acids is 2. The smallest absolute Gasteiger partial charge is 0.272 e. The van der Waals surface area contributed by atoms with Gasteiger partial charge in [-0.15, -0.1) is 0 Å². The maximum atomic E-state index is 12.1. The van der Waals surface area contributed by atoms with Gasteiger partial charge >= 0.3 is 0 Å². The van der Waals surface area contributed by atoms with E-state index in [4.69, 9.17) is 5.73 Å². The number of rotatable bonds is 2. The van der Waals surface area contributed by atoms with Gasteiger partial charge in [0.1, 0.15) is 0 Å². The summed E-state index contributed by atoms with van der Waals surface area (Å²) in [5.41, 5.74) is 7.32. The molecule has 0 radical (unpaired) electrons. The minimum absolute atomic E-state index is 0.0542. The lowest BCUT2D eigenvalue weighted by Gasteiger charge is -2.08. The van der Waals surface area contributed by atoms with Crippen LogP contribution in [-0.2, 0) is 4.79 Å². The molecular formula is C12H13N5O2. The maximum Gasteiger partial charge on any atom is 0.272 e. The van der Waals surface area contributed by atoms with Crippen LogP contribution in [0.3, 0.4) is 0 Å². The van der Waals surface area contributed by atoms with Gasteiger partial charge in [0, 0.05) is 24.0 Å². The number of H-pyrrole nitrogens is 1. The van der Waals surface area contributed by atoms with Gasteiger partial charge in [0.15, 0.2) is 5.69 Å². The molecule has 1 aliphatic rings. The summed E-state index contributed by atoms with van der Waals surface area (Å²) in [6.45, 7) is 0.453. The van der Waals surface area contributed by atoms with E-state index in [2.05, 4.69) is 20.8 Å². The van der Waals surface area contributed by atoms with Gasteiger partial charge in [0.2, 0.25) is 5.91 Å². The lowest BCUT2D eigenvalue weighted by Crippen LogP contribution is -2.36. The standard InChI is InChI=1S/C12H13N5O2/c13-6-1-2-9-8(3-6)11(17-16-9)12(19)15-7-4-10(18)14-5-7/h1-3,7H,4-5,13H2,(H,14,18)(H,15,19)(H,16,17). The molecule has 1 saturated heterocycles. The van der Waals surface area contributed by atoms with E-state index in [0.717, 1.165) is 5.52 Å². The molecule has 0 aliphatic carbocycles. The first-order chi connectivity index (χ1) is 9.13. The molecule has 1 fully saturated rings. The first-order valence-corrected chi connectivity index (χ1v) is 5.94. The topological polar surface area (TPSA) is 113 Å². The monoisotopic (exact) mass is 259 g/mol. The quantitative estimate of drug-likeness (QED) is 0.557. The molecule has 7 heteroatoms. The summed E-state index contributed by atoms with van der Waals surface area (Å²) in [7, 11) is 0. The number of anilines is 1. The Kier molecular flexibility index (Phi) is 2.59. The Balaban J connectivity index is 1.85. The number of hydrogen-bond donors (Lipinski definition) is 4. The second-order valence-electron chi connectivity index (χ2n) is 4.56. The van der Waals surface area contributed by atoms with Gasteiger partial charge in [0.25, 0.3) is 5.91 Å². The number of nitrogens with zero attached hydrogens (tertiary/aromatic N) is 1. The van der Waals surface area contributed by atoms with Crippen molar-refractivity contribution in [3.8, 4) is 0 Å². The first kappa shape index (κ1) is 11.5. The van der Waals surface area contributed by atoms with E-state index < -0.39 is 0 Å². The summed E-state index contributed by atoms with van der Waals surface area (Å²) in [6.07, 6.45) is 0.302. The van der Waals surface area contributed by atoms with Crippen LogP contribution in [0.5, 0.6) is 0 Å². The number of aromatic nitrogens is 2. The third-order valence-electron chi connectivity index (χ3n) is 3.11. The van der Waals surface area contributed by atoms with E-state index in [9.17, 15) is 9.59 Å². The average Bonchev–Trinajstić information content (AvgIpc) is 2.95. The predicted octanol–water partition coefficient (Wildman–Crippen LogP) is -0.237. The number of aromatic amines is 1. The van der Waals surface area contributed by atoms with E-state index in [0.29, 0.717) is 29.7 Å². The number of nitrogens with two attached hydrogens (primary N) is 1. The van der Waals surface area contributed by atoms with Crippen LogP contribution >= 0.6 is 0 Å². The van der Waals surface area contributed by atoms with Crippen LogP contribution in [0.25, 0.3) is 10.9 Å². The molecule has 2 aromatic rings. The lowest BCUT2D eigenvalue weighted by atomic mass is 10.1. The number of carbonyl (C=O) groups is 2. The summed E-state index contributed by atoms with van der Waals surface area (Å²) < 4.78 is 0. The molecule has 0 saturated carbocycles. The first-order valence-electron chi connectivity index (χ1n) is 5.94. The average molecular weight is 259 g/mol. The van der Waals surface area contributed by atoms with Gasteiger partial charge in [-0.1, -0.05) is 0 Å². The van der Waals surface area contributed by atoms with Crippen LogP contribution in [0, 0.1) is 0 Å². The van der Waals surface area contributed by atoms with Crippen molar-refractivity contribution in [3.05, 3.63) is 23.9 Å². The molecule has 19 heavy (non-hydrogen) atoms. The largest absolute Gasteiger partial charge is 0.399 e. The molecule has 0 spiro atoms. The second-order valence-corrected chi connectivity index (χ2v) is 4.56. The number of nitrogen functional groups attached to an aromatic ring is 1. The fourth-order valence-electron chi connectivity index (χ4n) is 2.17. The van der Waals surface area contributed by atoms with Crippen molar-refractivity contribution in [2.75, 3.05) is 12.3 Å². The number of amides is 2. The molecular weight excluding hydrogens is 246 g/mol. The summed E-state index contributed by atoms with van der Waals surface area (Å²) >= 11 is 0. The van der Waals surface area contributed by atoms with Crippen molar-refractivity contribution in [1.29, 1.82) is 0 Å². The second kappa shape index (κ2) is 4.27. The Morgan fingerprint density at radius 3 is 3.05 bits per heavy atom. The fraction of sp³-hybridized carbons (Fsp3) is 0.250. The van der Waals surface area contributed by atoms with E-state index in [1.54, 1.807) is 18.2 Å². The molecule has 2 amide bonds. The molecule has 1 aromatic carbocycles. The van der Waals surface area contributed by atoms with Gasteiger partial charge in [-0.25, -0.2) is 0 Å².